The molecule has 1 rings (SSSR count). The molecule has 0 unspecified atom stereocenters. The first kappa shape index (κ1) is 73.3. The van der Waals surface area contributed by atoms with Gasteiger partial charge in [0.1, 0.15) is 60.1 Å². The van der Waals surface area contributed by atoms with Crippen LogP contribution in [0.4, 0.5) is 0 Å². The van der Waals surface area contributed by atoms with Crippen molar-refractivity contribution < 1.29 is 77.6 Å². The van der Waals surface area contributed by atoms with Crippen LogP contribution in [-0.4, -0.2) is 171 Å². The lowest BCUT2D eigenvalue weighted by molar-refractivity contribution is -0.142. The Labute approximate surface area is 486 Å². The van der Waals surface area contributed by atoms with Crippen LogP contribution in [0.15, 0.2) is 24.3 Å². The Morgan fingerprint density at radius 3 is 1.55 bits per heavy atom. The van der Waals surface area contributed by atoms with Crippen molar-refractivity contribution in [3.63, 3.8) is 0 Å². The summed E-state index contributed by atoms with van der Waals surface area (Å²) in [6, 6.07) is -9.95. The van der Waals surface area contributed by atoms with Crippen molar-refractivity contribution in [2.45, 2.75) is 180 Å². The van der Waals surface area contributed by atoms with Gasteiger partial charge < -0.3 is 97.2 Å². The lowest BCUT2D eigenvalue weighted by Crippen LogP contribution is -2.62. The SMILES string of the molecule is CC[C@H](C)[C@H](NC(=O)[C@H](C)NC(=O)[C@@H](NC(=O)[C@H](CC(C)C)NC(=O)[C@H](CC(=O)O)NC(=O)[C@@H](NC(=O)[C@H](Cc1ccc(O)cc1)NC(=O)[C@H](CCCNC(=N)N)NC(=O)[C@@H](N)CC(N)=O)[C@@H](C)O)C(C)C)C(=O)N[C@@H](CCC(N)=O)C(N)=O. The second-order valence-electron chi connectivity index (χ2n) is 21.1. The van der Waals surface area contributed by atoms with E-state index in [0.717, 1.165) is 6.92 Å². The van der Waals surface area contributed by atoms with Gasteiger partial charge in [-0.15, -0.1) is 0 Å². The van der Waals surface area contributed by atoms with E-state index in [1.807, 2.05) is 0 Å². The summed E-state index contributed by atoms with van der Waals surface area (Å²) in [5, 5.41) is 62.4. The summed E-state index contributed by atoms with van der Waals surface area (Å²) in [7, 11) is 0. The molecule has 24 N–H and O–H groups in total. The Morgan fingerprint density at radius 1 is 0.548 bits per heavy atom. The van der Waals surface area contributed by atoms with Gasteiger partial charge in [-0.25, -0.2) is 0 Å². The average molecular weight is 1190 g/mol. The minimum atomic E-state index is -1.99. The smallest absolute Gasteiger partial charge is 0.305 e. The molecule has 0 fully saturated rings. The van der Waals surface area contributed by atoms with Crippen molar-refractivity contribution in [1.82, 2.24) is 53.2 Å². The van der Waals surface area contributed by atoms with Crippen LogP contribution in [0.1, 0.15) is 112 Å². The number of carboxylic acid groups (broad SMARTS) is 1. The van der Waals surface area contributed by atoms with Crippen molar-refractivity contribution in [1.29, 1.82) is 5.41 Å². The molecule has 0 heterocycles. The zero-order valence-corrected chi connectivity index (χ0v) is 48.5. The number of carbonyl (C=O) groups excluding carboxylic acids is 12. The summed E-state index contributed by atoms with van der Waals surface area (Å²) >= 11 is 0. The standard InChI is InChI=1S/C52H86N16O16/c1-9-25(6)40(50(83)61-31(42(56)75)16-17-36(54)71)67-43(76)26(7)60-49(82)39(24(4)5)66-47(80)33(19-23(2)3)63-46(79)35(22-38(73)74)65-51(84)41(27(8)69)68-48(81)34(20-28-12-14-29(70)15-13-28)64-45(78)32(11-10-18-59-52(57)58)62-44(77)30(53)21-37(55)72/h12-15,23-27,30-35,39-41,69-70H,9-11,16-22,53H2,1-8H3,(H2,54,71)(H2,55,72)(H2,56,75)(H,60,82)(H,61,83)(H,62,77)(H,63,79)(H,64,78)(H,65,84)(H,66,80)(H,67,76)(H,68,81)(H,73,74)(H4,57,58,59)/t25-,26-,27+,30-,31-,32-,33-,34-,35-,39-,40-,41-/m0/s1. The van der Waals surface area contributed by atoms with E-state index < -0.39 is 174 Å². The van der Waals surface area contributed by atoms with Crippen LogP contribution in [0.3, 0.4) is 0 Å². The number of aliphatic hydroxyl groups is 1. The van der Waals surface area contributed by atoms with Crippen molar-refractivity contribution in [2.24, 2.45) is 46.4 Å². The number of hydrogen-bond acceptors (Lipinski definition) is 17. The van der Waals surface area contributed by atoms with Crippen LogP contribution >= 0.6 is 0 Å². The van der Waals surface area contributed by atoms with Crippen LogP contribution in [0.2, 0.25) is 0 Å². The quantitative estimate of drug-likeness (QED) is 0.0167. The number of primary amides is 3. The molecule has 0 aliphatic carbocycles. The van der Waals surface area contributed by atoms with E-state index in [0.29, 0.717) is 12.0 Å². The first-order valence-corrected chi connectivity index (χ1v) is 27.2. The van der Waals surface area contributed by atoms with E-state index in [9.17, 15) is 77.6 Å². The van der Waals surface area contributed by atoms with Gasteiger partial charge >= 0.3 is 5.97 Å². The maximum atomic E-state index is 14.2. The number of nitrogens with two attached hydrogens (primary N) is 5. The third kappa shape index (κ3) is 26.9. The number of nitrogens with one attached hydrogen (secondary N) is 11. The largest absolute Gasteiger partial charge is 0.508 e. The molecule has 0 radical (unpaired) electrons. The Kier molecular flexibility index (Phi) is 31.4. The number of aliphatic carboxylic acids is 1. The molecule has 84 heavy (non-hydrogen) atoms. The third-order valence-electron chi connectivity index (χ3n) is 12.9. The highest BCUT2D eigenvalue weighted by molar-refractivity contribution is 6.00. The Balaban J connectivity index is 3.48. The first-order chi connectivity index (χ1) is 39.1. The number of phenols is 1. The lowest BCUT2D eigenvalue weighted by Gasteiger charge is -2.29. The molecule has 0 aromatic heterocycles. The fraction of sp³-hybridized carbons (Fsp3) is 0.615. The summed E-state index contributed by atoms with van der Waals surface area (Å²) in [6.07, 6.45) is -4.09. The highest BCUT2D eigenvalue weighted by Crippen LogP contribution is 2.15. The molecule has 1 aromatic carbocycles. The van der Waals surface area contributed by atoms with Gasteiger partial charge in [0.2, 0.25) is 70.9 Å². The van der Waals surface area contributed by atoms with E-state index in [-0.39, 0.29) is 56.7 Å². The number of aromatic hydroxyl groups is 1. The Morgan fingerprint density at radius 2 is 1.04 bits per heavy atom. The van der Waals surface area contributed by atoms with E-state index in [1.165, 1.54) is 31.2 Å². The number of phenolic OH excluding ortho intramolecular Hbond substituents is 1. The molecule has 32 nitrogen and oxygen atoms in total. The van der Waals surface area contributed by atoms with Gasteiger partial charge in [-0.1, -0.05) is 60.1 Å². The van der Waals surface area contributed by atoms with Crippen molar-refractivity contribution in [2.75, 3.05) is 6.54 Å². The predicted molar refractivity (Wildman–Crippen MR) is 301 cm³/mol. The molecule has 470 valence electrons. The predicted octanol–water partition coefficient (Wildman–Crippen LogP) is -5.86. The molecule has 12 atom stereocenters. The molecular formula is C52H86N16O16. The number of rotatable bonds is 38. The molecule has 0 saturated carbocycles. The summed E-state index contributed by atoms with van der Waals surface area (Å²) in [6.45, 7) is 12.3. The maximum absolute atomic E-state index is 14.2. The summed E-state index contributed by atoms with van der Waals surface area (Å²) < 4.78 is 0. The van der Waals surface area contributed by atoms with Gasteiger partial charge in [-0.05, 0) is 75.0 Å². The first-order valence-electron chi connectivity index (χ1n) is 27.2. The minimum absolute atomic E-state index is 0.0530. The van der Waals surface area contributed by atoms with Gasteiger partial charge in [0.05, 0.1) is 25.0 Å². The molecule has 32 heteroatoms. The number of benzene rings is 1. The minimum Gasteiger partial charge on any atom is -0.508 e. The second-order valence-corrected chi connectivity index (χ2v) is 21.1. The summed E-state index contributed by atoms with van der Waals surface area (Å²) in [5.41, 5.74) is 27.3. The fourth-order valence-electron chi connectivity index (χ4n) is 7.99. The molecule has 0 aliphatic heterocycles. The highest BCUT2D eigenvalue weighted by atomic mass is 16.4. The number of aliphatic hydroxyl groups excluding tert-OH is 1. The second kappa shape index (κ2) is 36.0. The van der Waals surface area contributed by atoms with E-state index >= 15 is 0 Å². The maximum Gasteiger partial charge on any atom is 0.305 e. The Hall–Kier alpha value is -8.68. The van der Waals surface area contributed by atoms with Gasteiger partial charge in [0.15, 0.2) is 5.96 Å². The van der Waals surface area contributed by atoms with Crippen LogP contribution in [0.25, 0.3) is 0 Å². The number of hydrogen-bond donors (Lipinski definition) is 19. The van der Waals surface area contributed by atoms with E-state index in [4.69, 9.17) is 34.1 Å². The van der Waals surface area contributed by atoms with Crippen molar-refractivity contribution in [3.8, 4) is 5.75 Å². The molecule has 0 spiro atoms. The van der Waals surface area contributed by atoms with Crippen LogP contribution in [-0.2, 0) is 68.7 Å². The highest BCUT2D eigenvalue weighted by Gasteiger charge is 2.38. The summed E-state index contributed by atoms with van der Waals surface area (Å²) in [4.78, 5) is 171. The number of carboxylic acids is 1. The number of carbonyl (C=O) groups is 13. The number of guanidine groups is 1. The third-order valence-corrected chi connectivity index (χ3v) is 12.9. The van der Waals surface area contributed by atoms with Gasteiger partial charge in [0, 0.05) is 19.4 Å². The fourth-order valence-corrected chi connectivity index (χ4v) is 7.99. The van der Waals surface area contributed by atoms with Gasteiger partial charge in [-0.2, -0.15) is 0 Å². The zero-order valence-electron chi connectivity index (χ0n) is 48.5. The lowest BCUT2D eigenvalue weighted by atomic mass is 9.97. The van der Waals surface area contributed by atoms with Gasteiger partial charge in [0.25, 0.3) is 0 Å². The zero-order chi connectivity index (χ0) is 64.3. The van der Waals surface area contributed by atoms with Crippen molar-refractivity contribution in [3.05, 3.63) is 29.8 Å². The topological polar surface area (TPSA) is 557 Å². The molecule has 12 amide bonds. The monoisotopic (exact) mass is 1190 g/mol. The van der Waals surface area contributed by atoms with Crippen LogP contribution < -0.4 is 81.8 Å². The molecule has 0 saturated heterocycles. The normalized spacial score (nSPS) is 15.4. The summed E-state index contributed by atoms with van der Waals surface area (Å²) in [5.74, 6) is -15.4. The molecule has 0 aliphatic rings. The average Bonchev–Trinajstić information content (AvgIpc) is 3.51. The van der Waals surface area contributed by atoms with Gasteiger partial charge in [-0.3, -0.25) is 67.7 Å². The van der Waals surface area contributed by atoms with E-state index in [1.54, 1.807) is 41.5 Å². The Bertz CT molecular complexity index is 2500. The molecule has 1 aromatic rings. The van der Waals surface area contributed by atoms with Crippen molar-refractivity contribution >= 4 is 82.8 Å². The van der Waals surface area contributed by atoms with Crippen LogP contribution in [0.5, 0.6) is 5.75 Å². The van der Waals surface area contributed by atoms with E-state index in [2.05, 4.69) is 53.2 Å². The van der Waals surface area contributed by atoms with Crippen LogP contribution in [0, 0.1) is 23.2 Å². The molecule has 0 bridgehead atoms. The molecular weight excluding hydrogens is 1100 g/mol. The number of amides is 12.